The number of benzene rings is 1. The van der Waals surface area contributed by atoms with Crippen LogP contribution < -0.4 is 10.6 Å². The lowest BCUT2D eigenvalue weighted by atomic mass is 9.88. The van der Waals surface area contributed by atoms with E-state index in [2.05, 4.69) is 10.6 Å². The molecule has 7 heteroatoms. The van der Waals surface area contributed by atoms with E-state index in [0.29, 0.717) is 6.54 Å². The largest absolute Gasteiger partial charge is 0.334 e. The summed E-state index contributed by atoms with van der Waals surface area (Å²) in [5.41, 5.74) is 0.628. The van der Waals surface area contributed by atoms with Crippen molar-refractivity contribution in [2.75, 3.05) is 18.4 Å². The first-order chi connectivity index (χ1) is 12.9. The lowest BCUT2D eigenvalue weighted by molar-refractivity contribution is -0.120. The van der Waals surface area contributed by atoms with E-state index in [-0.39, 0.29) is 37.4 Å². The van der Waals surface area contributed by atoms with Gasteiger partial charge in [0.1, 0.15) is 0 Å². The third-order valence-corrected chi connectivity index (χ3v) is 6.10. The van der Waals surface area contributed by atoms with E-state index in [0.717, 1.165) is 36.9 Å². The molecule has 1 saturated heterocycles. The molecule has 4 rings (SSSR count). The van der Waals surface area contributed by atoms with Crippen molar-refractivity contribution in [2.45, 2.75) is 51.0 Å². The molecular formula is C20H25F2N3O2. The Kier molecular flexibility index (Phi) is 4.56. The zero-order valence-electron chi connectivity index (χ0n) is 15.3. The number of alkyl halides is 2. The second kappa shape index (κ2) is 6.77. The molecule has 1 aromatic carbocycles. The second-order valence-corrected chi connectivity index (χ2v) is 8.20. The first-order valence-electron chi connectivity index (χ1n) is 9.69. The standard InChI is InChI=1S/C20H25F2N3O2/c21-20(22)11-19(20)12-25(13-19)18(27)23-10-14-5-4-8-16(9-14)24-17(26)15-6-2-1-3-7-15/h4-5,8-9,15H,1-3,6-7,10-13H2,(H,23,27)(H,24,26). The van der Waals surface area contributed by atoms with Gasteiger partial charge in [-0.2, -0.15) is 0 Å². The number of nitrogens with one attached hydrogen (secondary N) is 2. The van der Waals surface area contributed by atoms with E-state index in [1.165, 1.54) is 11.3 Å². The van der Waals surface area contributed by atoms with Crippen LogP contribution in [0.25, 0.3) is 0 Å². The quantitative estimate of drug-likeness (QED) is 0.839. The summed E-state index contributed by atoms with van der Waals surface area (Å²) >= 11 is 0. The number of carbonyl (C=O) groups excluding carboxylic acids is 2. The van der Waals surface area contributed by atoms with Crippen LogP contribution in [0.3, 0.4) is 0 Å². The van der Waals surface area contributed by atoms with E-state index in [4.69, 9.17) is 0 Å². The third kappa shape index (κ3) is 3.64. The van der Waals surface area contributed by atoms with Crippen LogP contribution >= 0.6 is 0 Å². The van der Waals surface area contributed by atoms with Crippen LogP contribution in [0.4, 0.5) is 19.3 Å². The molecule has 2 aliphatic carbocycles. The first kappa shape index (κ1) is 18.2. The third-order valence-electron chi connectivity index (χ3n) is 6.10. The highest BCUT2D eigenvalue weighted by atomic mass is 19.3. The molecule has 5 nitrogen and oxygen atoms in total. The van der Waals surface area contributed by atoms with Gasteiger partial charge in [-0.25, -0.2) is 13.6 Å². The highest BCUT2D eigenvalue weighted by Gasteiger charge is 2.76. The Morgan fingerprint density at radius 2 is 1.85 bits per heavy atom. The zero-order chi connectivity index (χ0) is 19.1. The molecule has 1 aliphatic heterocycles. The predicted molar refractivity (Wildman–Crippen MR) is 97.5 cm³/mol. The number of rotatable bonds is 4. The normalized spacial score (nSPS) is 22.8. The maximum absolute atomic E-state index is 13.2. The Morgan fingerprint density at radius 3 is 2.52 bits per heavy atom. The maximum atomic E-state index is 13.2. The van der Waals surface area contributed by atoms with Gasteiger partial charge in [0.15, 0.2) is 0 Å². The van der Waals surface area contributed by atoms with Crippen LogP contribution in [0.2, 0.25) is 0 Å². The summed E-state index contributed by atoms with van der Waals surface area (Å²) in [5.74, 6) is -2.46. The van der Waals surface area contributed by atoms with Crippen molar-refractivity contribution in [1.29, 1.82) is 0 Å². The minimum absolute atomic E-state index is 0.0622. The van der Waals surface area contributed by atoms with E-state index in [1.54, 1.807) is 0 Å². The molecule has 1 heterocycles. The Balaban J connectivity index is 1.26. The summed E-state index contributed by atoms with van der Waals surface area (Å²) in [4.78, 5) is 25.9. The molecule has 2 N–H and O–H groups in total. The van der Waals surface area contributed by atoms with Crippen LogP contribution in [-0.2, 0) is 11.3 Å². The minimum Gasteiger partial charge on any atom is -0.334 e. The van der Waals surface area contributed by atoms with Gasteiger partial charge in [-0.3, -0.25) is 4.79 Å². The molecule has 0 bridgehead atoms. The SMILES string of the molecule is O=C(Nc1cccc(CNC(=O)N2CC3(C2)CC3(F)F)c1)C1CCCCC1. The number of urea groups is 1. The summed E-state index contributed by atoms with van der Waals surface area (Å²) in [6.07, 6.45) is 5.19. The van der Waals surface area contributed by atoms with Crippen molar-refractivity contribution in [3.63, 3.8) is 0 Å². The molecule has 0 unspecified atom stereocenters. The molecule has 3 amide bonds. The van der Waals surface area contributed by atoms with Gasteiger partial charge in [0.05, 0.1) is 5.41 Å². The minimum atomic E-state index is -2.60. The van der Waals surface area contributed by atoms with Crippen LogP contribution in [-0.4, -0.2) is 35.9 Å². The molecule has 3 fully saturated rings. The molecule has 0 atom stereocenters. The molecule has 0 aromatic heterocycles. The molecule has 1 spiro atoms. The fourth-order valence-electron chi connectivity index (χ4n) is 4.21. The highest BCUT2D eigenvalue weighted by Crippen LogP contribution is 2.65. The van der Waals surface area contributed by atoms with Gasteiger partial charge in [-0.1, -0.05) is 31.4 Å². The van der Waals surface area contributed by atoms with Crippen molar-refractivity contribution in [3.05, 3.63) is 29.8 Å². The number of anilines is 1. The number of likely N-dealkylation sites (tertiary alicyclic amines) is 1. The van der Waals surface area contributed by atoms with Crippen LogP contribution in [0.15, 0.2) is 24.3 Å². The van der Waals surface area contributed by atoms with Crippen molar-refractivity contribution >= 4 is 17.6 Å². The number of amides is 3. The average Bonchev–Trinajstić information content (AvgIpc) is 3.22. The van der Waals surface area contributed by atoms with Gasteiger partial charge in [0.25, 0.3) is 5.92 Å². The Morgan fingerprint density at radius 1 is 1.15 bits per heavy atom. The monoisotopic (exact) mass is 377 g/mol. The van der Waals surface area contributed by atoms with E-state index in [1.807, 2.05) is 24.3 Å². The van der Waals surface area contributed by atoms with Crippen LogP contribution in [0.1, 0.15) is 44.1 Å². The maximum Gasteiger partial charge on any atom is 0.317 e. The second-order valence-electron chi connectivity index (χ2n) is 8.20. The highest BCUT2D eigenvalue weighted by molar-refractivity contribution is 5.92. The molecule has 2 saturated carbocycles. The Hall–Kier alpha value is -2.18. The predicted octanol–water partition coefficient (Wildman–Crippen LogP) is 3.76. The first-order valence-corrected chi connectivity index (χ1v) is 9.69. The van der Waals surface area contributed by atoms with E-state index >= 15 is 0 Å². The number of hydrogen-bond acceptors (Lipinski definition) is 2. The van der Waals surface area contributed by atoms with Gasteiger partial charge in [0.2, 0.25) is 5.91 Å². The van der Waals surface area contributed by atoms with E-state index < -0.39 is 11.3 Å². The fraction of sp³-hybridized carbons (Fsp3) is 0.600. The van der Waals surface area contributed by atoms with Gasteiger partial charge in [-0.05, 0) is 30.5 Å². The molecule has 1 aromatic rings. The average molecular weight is 377 g/mol. The summed E-state index contributed by atoms with van der Waals surface area (Å²) in [5, 5.41) is 5.73. The van der Waals surface area contributed by atoms with Gasteiger partial charge in [0, 0.05) is 37.7 Å². The van der Waals surface area contributed by atoms with Crippen LogP contribution in [0.5, 0.6) is 0 Å². The Labute approximate surface area is 157 Å². The summed E-state index contributed by atoms with van der Waals surface area (Å²) in [6.45, 7) is 0.554. The summed E-state index contributed by atoms with van der Waals surface area (Å²) in [6, 6.07) is 7.05. The van der Waals surface area contributed by atoms with Crippen molar-refractivity contribution in [3.8, 4) is 0 Å². The fourth-order valence-corrected chi connectivity index (χ4v) is 4.21. The molecule has 146 valence electrons. The van der Waals surface area contributed by atoms with Gasteiger partial charge < -0.3 is 15.5 Å². The number of halogens is 2. The lowest BCUT2D eigenvalue weighted by Crippen LogP contribution is -2.56. The summed E-state index contributed by atoms with van der Waals surface area (Å²) in [7, 11) is 0. The van der Waals surface area contributed by atoms with E-state index in [9.17, 15) is 18.4 Å². The zero-order valence-corrected chi connectivity index (χ0v) is 15.3. The van der Waals surface area contributed by atoms with Crippen molar-refractivity contribution < 1.29 is 18.4 Å². The molecular weight excluding hydrogens is 352 g/mol. The topological polar surface area (TPSA) is 61.4 Å². The van der Waals surface area contributed by atoms with Gasteiger partial charge >= 0.3 is 6.03 Å². The number of carbonyl (C=O) groups is 2. The van der Waals surface area contributed by atoms with Crippen LogP contribution in [0, 0.1) is 11.3 Å². The smallest absolute Gasteiger partial charge is 0.317 e. The van der Waals surface area contributed by atoms with Gasteiger partial charge in [-0.15, -0.1) is 0 Å². The van der Waals surface area contributed by atoms with Crippen molar-refractivity contribution in [2.24, 2.45) is 11.3 Å². The number of hydrogen-bond donors (Lipinski definition) is 2. The molecule has 0 radical (unpaired) electrons. The number of nitrogens with zero attached hydrogens (tertiary/aromatic N) is 1. The molecule has 3 aliphatic rings. The lowest BCUT2D eigenvalue weighted by Gasteiger charge is -2.39. The molecule has 27 heavy (non-hydrogen) atoms. The summed E-state index contributed by atoms with van der Waals surface area (Å²) < 4.78 is 26.4. The van der Waals surface area contributed by atoms with Crippen molar-refractivity contribution in [1.82, 2.24) is 10.2 Å². The Bertz CT molecular complexity index is 740.